The number of piperidine rings is 1. The molecule has 2 saturated heterocycles. The number of hydrogen-bond acceptors (Lipinski definition) is 5. The van der Waals surface area contributed by atoms with Gasteiger partial charge in [0.25, 0.3) is 0 Å². The van der Waals surface area contributed by atoms with Crippen LogP contribution in [0.3, 0.4) is 0 Å². The minimum absolute atomic E-state index is 0. The van der Waals surface area contributed by atoms with E-state index in [1.54, 1.807) is 9.80 Å². The fraction of sp³-hybridized carbons (Fsp3) is 0.875. The highest BCUT2D eigenvalue weighted by Gasteiger charge is 2.25. The lowest BCUT2D eigenvalue weighted by atomic mass is 9.96. The van der Waals surface area contributed by atoms with E-state index in [0.717, 1.165) is 45.6 Å². The minimum Gasteiger partial charge on any atom is -0.392 e. The molecule has 0 radical (unpaired) electrons. The first-order chi connectivity index (χ1) is 11.0. The number of rotatable bonds is 6. The van der Waals surface area contributed by atoms with E-state index in [1.807, 2.05) is 14.0 Å². The Kier molecular flexibility index (Phi) is 11.6. The number of carbonyl (C=O) groups is 2. The van der Waals surface area contributed by atoms with E-state index in [-0.39, 0.29) is 49.3 Å². The van der Waals surface area contributed by atoms with Crippen molar-refractivity contribution in [3.8, 4) is 0 Å². The molecule has 9 heteroatoms. The zero-order valence-corrected chi connectivity index (χ0v) is 16.8. The molecule has 0 aromatic rings. The molecule has 0 aliphatic carbocycles. The van der Waals surface area contributed by atoms with Crippen molar-refractivity contribution < 1.29 is 14.7 Å². The number of hydrogen-bond donors (Lipinski definition) is 2. The molecule has 2 rings (SSSR count). The number of halogens is 2. The Morgan fingerprint density at radius 2 is 1.96 bits per heavy atom. The fourth-order valence-corrected chi connectivity index (χ4v) is 3.31. The van der Waals surface area contributed by atoms with Crippen LogP contribution in [0, 0.1) is 5.92 Å². The predicted molar refractivity (Wildman–Crippen MR) is 102 cm³/mol. The number of aliphatic hydroxyl groups excluding tert-OH is 1. The summed E-state index contributed by atoms with van der Waals surface area (Å²) in [6.07, 6.45) is 1.82. The SMILES string of the molecule is CC(O)CN1CCC(CN(C)C(=O)CN2CCNCC2=O)CC1.Cl.Cl. The molecule has 2 fully saturated rings. The summed E-state index contributed by atoms with van der Waals surface area (Å²) in [4.78, 5) is 29.7. The molecule has 7 nitrogen and oxygen atoms in total. The van der Waals surface area contributed by atoms with Gasteiger partial charge < -0.3 is 25.1 Å². The first kappa shape index (κ1) is 24.4. The van der Waals surface area contributed by atoms with Crippen molar-refractivity contribution in [2.24, 2.45) is 5.92 Å². The maximum atomic E-state index is 12.3. The van der Waals surface area contributed by atoms with Crippen molar-refractivity contribution in [2.75, 3.05) is 59.4 Å². The van der Waals surface area contributed by atoms with Crippen LogP contribution in [0.1, 0.15) is 19.8 Å². The second-order valence-electron chi connectivity index (χ2n) is 6.86. The summed E-state index contributed by atoms with van der Waals surface area (Å²) in [5, 5.41) is 12.4. The molecule has 2 aliphatic heterocycles. The Morgan fingerprint density at radius 1 is 1.32 bits per heavy atom. The number of likely N-dealkylation sites (N-methyl/N-ethyl adjacent to an activating group) is 1. The van der Waals surface area contributed by atoms with E-state index >= 15 is 0 Å². The lowest BCUT2D eigenvalue weighted by Gasteiger charge is -2.35. The van der Waals surface area contributed by atoms with E-state index in [0.29, 0.717) is 19.0 Å². The van der Waals surface area contributed by atoms with Gasteiger partial charge in [-0.15, -0.1) is 24.8 Å². The molecule has 2 aliphatic rings. The fourth-order valence-electron chi connectivity index (χ4n) is 3.31. The van der Waals surface area contributed by atoms with Gasteiger partial charge in [-0.1, -0.05) is 0 Å². The highest BCUT2D eigenvalue weighted by molar-refractivity contribution is 5.86. The molecule has 25 heavy (non-hydrogen) atoms. The van der Waals surface area contributed by atoms with Crippen molar-refractivity contribution >= 4 is 36.6 Å². The maximum Gasteiger partial charge on any atom is 0.241 e. The zero-order valence-electron chi connectivity index (χ0n) is 15.1. The summed E-state index contributed by atoms with van der Waals surface area (Å²) in [5.41, 5.74) is 0. The molecule has 1 atom stereocenters. The van der Waals surface area contributed by atoms with Crippen molar-refractivity contribution in [1.29, 1.82) is 0 Å². The van der Waals surface area contributed by atoms with Gasteiger partial charge in [-0.05, 0) is 38.8 Å². The first-order valence-electron chi connectivity index (χ1n) is 8.58. The van der Waals surface area contributed by atoms with Crippen LogP contribution < -0.4 is 5.32 Å². The number of likely N-dealkylation sites (tertiary alicyclic amines) is 1. The van der Waals surface area contributed by atoms with E-state index in [9.17, 15) is 14.7 Å². The number of β-amino-alcohol motifs (C(OH)–C–C–N with tert-alkyl or cyclic N) is 1. The van der Waals surface area contributed by atoms with E-state index < -0.39 is 0 Å². The standard InChI is InChI=1S/C16H30N4O3.2ClH/c1-13(21)10-19-6-3-14(4-7-19)11-18(2)16(23)12-20-8-5-17-9-15(20)22;;/h13-14,17,21H,3-12H2,1-2H3;2*1H. The summed E-state index contributed by atoms with van der Waals surface area (Å²) in [6.45, 7) is 7.14. The molecule has 0 bridgehead atoms. The molecule has 2 heterocycles. The molecular weight excluding hydrogens is 367 g/mol. The number of piperazine rings is 1. The number of nitrogens with one attached hydrogen (secondary N) is 1. The van der Waals surface area contributed by atoms with Gasteiger partial charge in [0.05, 0.1) is 19.2 Å². The summed E-state index contributed by atoms with van der Waals surface area (Å²) >= 11 is 0. The molecule has 0 spiro atoms. The molecule has 0 saturated carbocycles. The van der Waals surface area contributed by atoms with Crippen molar-refractivity contribution in [3.63, 3.8) is 0 Å². The molecule has 1 unspecified atom stereocenters. The lowest BCUT2D eigenvalue weighted by molar-refractivity contribution is -0.140. The second-order valence-corrected chi connectivity index (χ2v) is 6.86. The van der Waals surface area contributed by atoms with E-state index in [2.05, 4.69) is 10.2 Å². The van der Waals surface area contributed by atoms with Gasteiger partial charge in [0.1, 0.15) is 0 Å². The molecule has 2 N–H and O–H groups in total. The first-order valence-corrected chi connectivity index (χ1v) is 8.58. The topological polar surface area (TPSA) is 76.1 Å². The van der Waals surface area contributed by atoms with Crippen LogP contribution in [0.2, 0.25) is 0 Å². The van der Waals surface area contributed by atoms with Crippen LogP contribution in [0.25, 0.3) is 0 Å². The van der Waals surface area contributed by atoms with Gasteiger partial charge in [0.15, 0.2) is 0 Å². The smallest absolute Gasteiger partial charge is 0.241 e. The van der Waals surface area contributed by atoms with Gasteiger partial charge in [-0.25, -0.2) is 0 Å². The highest BCUT2D eigenvalue weighted by Crippen LogP contribution is 2.18. The van der Waals surface area contributed by atoms with E-state index in [4.69, 9.17) is 0 Å². The Hall–Kier alpha value is -0.600. The monoisotopic (exact) mass is 398 g/mol. The Bertz CT molecular complexity index is 418. The Balaban J connectivity index is 0.00000288. The number of amides is 2. The second kappa shape index (κ2) is 11.9. The van der Waals surface area contributed by atoms with Gasteiger partial charge in [0.2, 0.25) is 11.8 Å². The summed E-state index contributed by atoms with van der Waals surface area (Å²) in [7, 11) is 1.83. The normalized spacial score (nSPS) is 20.4. The number of aliphatic hydroxyl groups is 1. The summed E-state index contributed by atoms with van der Waals surface area (Å²) < 4.78 is 0. The molecule has 0 aromatic heterocycles. The quantitative estimate of drug-likeness (QED) is 0.648. The third-order valence-electron chi connectivity index (χ3n) is 4.70. The van der Waals surface area contributed by atoms with Crippen LogP contribution in [0.5, 0.6) is 0 Å². The largest absolute Gasteiger partial charge is 0.392 e. The predicted octanol–water partition coefficient (Wildman–Crippen LogP) is -0.187. The number of carbonyl (C=O) groups excluding carboxylic acids is 2. The zero-order chi connectivity index (χ0) is 16.8. The summed E-state index contributed by atoms with van der Waals surface area (Å²) in [6, 6.07) is 0. The average Bonchev–Trinajstić information content (AvgIpc) is 2.51. The third kappa shape index (κ3) is 8.09. The van der Waals surface area contributed by atoms with Gasteiger partial charge in [-0.2, -0.15) is 0 Å². The Morgan fingerprint density at radius 3 is 2.52 bits per heavy atom. The van der Waals surface area contributed by atoms with Crippen molar-refractivity contribution in [1.82, 2.24) is 20.0 Å². The van der Waals surface area contributed by atoms with Gasteiger partial charge in [0, 0.05) is 33.2 Å². The maximum absolute atomic E-state index is 12.3. The lowest BCUT2D eigenvalue weighted by Crippen LogP contribution is -2.52. The number of nitrogens with zero attached hydrogens (tertiary/aromatic N) is 3. The third-order valence-corrected chi connectivity index (χ3v) is 4.70. The molecule has 0 aromatic carbocycles. The molecule has 148 valence electrons. The van der Waals surface area contributed by atoms with Gasteiger partial charge in [-0.3, -0.25) is 9.59 Å². The average molecular weight is 399 g/mol. The highest BCUT2D eigenvalue weighted by atomic mass is 35.5. The molecular formula is C16H32Cl2N4O3. The van der Waals surface area contributed by atoms with Crippen LogP contribution in [-0.4, -0.2) is 97.1 Å². The van der Waals surface area contributed by atoms with Crippen LogP contribution in [0.15, 0.2) is 0 Å². The Labute approximate surface area is 162 Å². The van der Waals surface area contributed by atoms with Crippen LogP contribution in [-0.2, 0) is 9.59 Å². The summed E-state index contributed by atoms with van der Waals surface area (Å²) in [5.74, 6) is 0.531. The molecule has 2 amide bonds. The van der Waals surface area contributed by atoms with Crippen molar-refractivity contribution in [3.05, 3.63) is 0 Å². The van der Waals surface area contributed by atoms with E-state index in [1.165, 1.54) is 0 Å². The van der Waals surface area contributed by atoms with Crippen LogP contribution in [0.4, 0.5) is 0 Å². The van der Waals surface area contributed by atoms with Gasteiger partial charge >= 0.3 is 0 Å². The van der Waals surface area contributed by atoms with Crippen LogP contribution >= 0.6 is 24.8 Å². The van der Waals surface area contributed by atoms with Crippen molar-refractivity contribution in [2.45, 2.75) is 25.9 Å². The minimum atomic E-state index is -0.285.